The monoisotopic (exact) mass is 301 g/mol. The van der Waals surface area contributed by atoms with Gasteiger partial charge >= 0.3 is 5.97 Å². The van der Waals surface area contributed by atoms with Gasteiger partial charge in [0.15, 0.2) is 0 Å². The first kappa shape index (κ1) is 15.8. The first-order chi connectivity index (χ1) is 10.5. The van der Waals surface area contributed by atoms with Crippen LogP contribution in [0.3, 0.4) is 0 Å². The van der Waals surface area contributed by atoms with Crippen molar-refractivity contribution in [3.8, 4) is 0 Å². The van der Waals surface area contributed by atoms with Gasteiger partial charge in [-0.2, -0.15) is 5.10 Å². The maximum atomic E-state index is 12.0. The van der Waals surface area contributed by atoms with Crippen LogP contribution in [0.4, 0.5) is 0 Å². The Morgan fingerprint density at radius 2 is 2.09 bits per heavy atom. The predicted molar refractivity (Wildman–Crippen MR) is 81.8 cm³/mol. The van der Waals surface area contributed by atoms with Crippen molar-refractivity contribution in [3.05, 3.63) is 52.8 Å². The van der Waals surface area contributed by atoms with Crippen molar-refractivity contribution in [1.82, 2.24) is 15.1 Å². The van der Waals surface area contributed by atoms with E-state index in [-0.39, 0.29) is 11.9 Å². The number of esters is 1. The molecule has 0 aliphatic heterocycles. The van der Waals surface area contributed by atoms with Gasteiger partial charge in [0, 0.05) is 13.6 Å². The van der Waals surface area contributed by atoms with Gasteiger partial charge in [-0.15, -0.1) is 0 Å². The molecule has 1 N–H and O–H groups in total. The zero-order valence-electron chi connectivity index (χ0n) is 12.9. The summed E-state index contributed by atoms with van der Waals surface area (Å²) in [7, 11) is 3.09. The van der Waals surface area contributed by atoms with Crippen molar-refractivity contribution in [2.75, 3.05) is 13.7 Å². The number of hydrogen-bond acceptors (Lipinski definition) is 4. The van der Waals surface area contributed by atoms with Gasteiger partial charge < -0.3 is 10.1 Å². The number of carbonyl (C=O) groups excluding carboxylic acids is 2. The highest BCUT2D eigenvalue weighted by atomic mass is 16.5. The van der Waals surface area contributed by atoms with Gasteiger partial charge in [0.25, 0.3) is 5.91 Å². The Kier molecular flexibility index (Phi) is 4.93. The van der Waals surface area contributed by atoms with Crippen molar-refractivity contribution in [2.24, 2.45) is 7.05 Å². The van der Waals surface area contributed by atoms with E-state index in [4.69, 9.17) is 0 Å². The Morgan fingerprint density at radius 3 is 2.73 bits per heavy atom. The van der Waals surface area contributed by atoms with Gasteiger partial charge in [0.05, 0.1) is 18.4 Å². The van der Waals surface area contributed by atoms with Gasteiger partial charge in [0.1, 0.15) is 5.69 Å². The Hall–Kier alpha value is -2.63. The lowest BCUT2D eigenvalue weighted by molar-refractivity contribution is 0.0600. The molecule has 0 fully saturated rings. The van der Waals surface area contributed by atoms with Crippen molar-refractivity contribution >= 4 is 11.9 Å². The number of aromatic nitrogens is 2. The molecule has 0 aliphatic rings. The Labute approximate surface area is 129 Å². The topological polar surface area (TPSA) is 73.2 Å². The van der Waals surface area contributed by atoms with Crippen molar-refractivity contribution in [2.45, 2.75) is 13.3 Å². The normalized spacial score (nSPS) is 10.3. The molecule has 0 atom stereocenters. The fourth-order valence-electron chi connectivity index (χ4n) is 2.21. The van der Waals surface area contributed by atoms with Crippen LogP contribution >= 0.6 is 0 Å². The maximum absolute atomic E-state index is 12.0. The summed E-state index contributed by atoms with van der Waals surface area (Å²) in [6.45, 7) is 2.32. The molecule has 0 unspecified atom stereocenters. The van der Waals surface area contributed by atoms with Gasteiger partial charge in [-0.1, -0.05) is 12.1 Å². The average molecular weight is 301 g/mol. The number of benzene rings is 1. The highest BCUT2D eigenvalue weighted by Gasteiger charge is 2.11. The van der Waals surface area contributed by atoms with Crippen molar-refractivity contribution < 1.29 is 14.3 Å². The number of hydrogen-bond donors (Lipinski definition) is 1. The molecular weight excluding hydrogens is 282 g/mol. The van der Waals surface area contributed by atoms with E-state index in [2.05, 4.69) is 15.2 Å². The number of carbonyl (C=O) groups is 2. The molecule has 22 heavy (non-hydrogen) atoms. The summed E-state index contributed by atoms with van der Waals surface area (Å²) in [6.07, 6.45) is 0.632. The molecule has 6 nitrogen and oxygen atoms in total. The summed E-state index contributed by atoms with van der Waals surface area (Å²) in [5, 5.41) is 6.99. The van der Waals surface area contributed by atoms with E-state index in [1.165, 1.54) is 7.11 Å². The fourth-order valence-corrected chi connectivity index (χ4v) is 2.21. The Morgan fingerprint density at radius 1 is 1.32 bits per heavy atom. The number of rotatable bonds is 5. The lowest BCUT2D eigenvalue weighted by Gasteiger charge is -2.06. The van der Waals surface area contributed by atoms with E-state index in [0.717, 1.165) is 11.3 Å². The van der Waals surface area contributed by atoms with E-state index in [1.54, 1.807) is 36.0 Å². The molecule has 116 valence electrons. The highest BCUT2D eigenvalue weighted by molar-refractivity contribution is 5.92. The van der Waals surface area contributed by atoms with Crippen molar-refractivity contribution in [3.63, 3.8) is 0 Å². The van der Waals surface area contributed by atoms with Crippen LogP contribution in [0.2, 0.25) is 0 Å². The molecule has 6 heteroatoms. The number of ether oxygens (including phenoxy) is 1. The second kappa shape index (κ2) is 6.89. The quantitative estimate of drug-likeness (QED) is 0.849. The molecule has 1 aromatic carbocycles. The zero-order chi connectivity index (χ0) is 16.1. The van der Waals surface area contributed by atoms with E-state index in [9.17, 15) is 9.59 Å². The van der Waals surface area contributed by atoms with Crippen LogP contribution in [0.1, 0.15) is 32.1 Å². The first-order valence-electron chi connectivity index (χ1n) is 6.97. The minimum absolute atomic E-state index is 0.160. The molecular formula is C16H19N3O3. The van der Waals surface area contributed by atoms with E-state index < -0.39 is 0 Å². The first-order valence-corrected chi connectivity index (χ1v) is 6.97. The van der Waals surface area contributed by atoms with Crippen LogP contribution in [-0.4, -0.2) is 35.3 Å². The summed E-state index contributed by atoms with van der Waals surface area (Å²) < 4.78 is 6.25. The summed E-state index contributed by atoms with van der Waals surface area (Å²) in [5.74, 6) is -0.525. The van der Waals surface area contributed by atoms with Crippen LogP contribution in [0, 0.1) is 6.92 Å². The zero-order valence-corrected chi connectivity index (χ0v) is 12.9. The SMILES string of the molecule is COC(=O)c1cccc(CCNC(=O)c2cc(C)nn2C)c1. The van der Waals surface area contributed by atoms with Crippen LogP contribution in [0.15, 0.2) is 30.3 Å². The average Bonchev–Trinajstić information content (AvgIpc) is 2.85. The molecule has 0 aliphatic carbocycles. The molecule has 2 aromatic rings. The summed E-state index contributed by atoms with van der Waals surface area (Å²) in [6, 6.07) is 8.92. The molecule has 0 radical (unpaired) electrons. The second-order valence-electron chi connectivity index (χ2n) is 4.99. The Bertz CT molecular complexity index is 692. The molecule has 1 amide bonds. The lowest BCUT2D eigenvalue weighted by Crippen LogP contribution is -2.27. The smallest absolute Gasteiger partial charge is 0.337 e. The number of nitrogens with one attached hydrogen (secondary N) is 1. The molecule has 1 aromatic heterocycles. The van der Waals surface area contributed by atoms with Gasteiger partial charge in [0.2, 0.25) is 0 Å². The predicted octanol–water partition coefficient (Wildman–Crippen LogP) is 1.49. The van der Waals surface area contributed by atoms with Gasteiger partial charge in [-0.05, 0) is 37.1 Å². The molecule has 0 bridgehead atoms. The third-order valence-electron chi connectivity index (χ3n) is 3.28. The third-order valence-corrected chi connectivity index (χ3v) is 3.28. The molecule has 0 saturated carbocycles. The number of methoxy groups -OCH3 is 1. The largest absolute Gasteiger partial charge is 0.465 e. The fraction of sp³-hybridized carbons (Fsp3) is 0.312. The summed E-state index contributed by atoms with van der Waals surface area (Å²) in [5.41, 5.74) is 2.80. The minimum Gasteiger partial charge on any atom is -0.465 e. The summed E-state index contributed by atoms with van der Waals surface area (Å²) in [4.78, 5) is 23.5. The standard InChI is InChI=1S/C16H19N3O3/c1-11-9-14(19(2)18-11)15(20)17-8-7-12-5-4-6-13(10-12)16(21)22-3/h4-6,9-10H,7-8H2,1-3H3,(H,17,20). The number of amides is 1. The highest BCUT2D eigenvalue weighted by Crippen LogP contribution is 2.07. The number of aryl methyl sites for hydroxylation is 2. The van der Waals surface area contributed by atoms with Crippen LogP contribution in [0.25, 0.3) is 0 Å². The summed E-state index contributed by atoms with van der Waals surface area (Å²) >= 11 is 0. The van der Waals surface area contributed by atoms with Crippen molar-refractivity contribution in [1.29, 1.82) is 0 Å². The lowest BCUT2D eigenvalue weighted by atomic mass is 10.1. The molecule has 2 rings (SSSR count). The minimum atomic E-state index is -0.365. The Balaban J connectivity index is 1.92. The van der Waals surface area contributed by atoms with E-state index in [0.29, 0.717) is 24.2 Å². The second-order valence-corrected chi connectivity index (χ2v) is 4.99. The molecule has 0 saturated heterocycles. The van der Waals surface area contributed by atoms with Gasteiger partial charge in [-0.25, -0.2) is 4.79 Å². The van der Waals surface area contributed by atoms with E-state index >= 15 is 0 Å². The van der Waals surface area contributed by atoms with Gasteiger partial charge in [-0.3, -0.25) is 9.48 Å². The maximum Gasteiger partial charge on any atom is 0.337 e. The van der Waals surface area contributed by atoms with Crippen LogP contribution < -0.4 is 5.32 Å². The third kappa shape index (κ3) is 3.72. The molecule has 1 heterocycles. The van der Waals surface area contributed by atoms with E-state index in [1.807, 2.05) is 13.0 Å². The van der Waals surface area contributed by atoms with Crippen LogP contribution in [-0.2, 0) is 18.2 Å². The molecule has 0 spiro atoms. The number of nitrogens with zero attached hydrogens (tertiary/aromatic N) is 2. The van der Waals surface area contributed by atoms with Crippen LogP contribution in [0.5, 0.6) is 0 Å².